The molecule has 58 heteroatoms. The molecule has 0 N–H and O–H groups in total. The molecule has 0 saturated carbocycles. The summed E-state index contributed by atoms with van der Waals surface area (Å²) >= 11 is -1.33. The van der Waals surface area contributed by atoms with Gasteiger partial charge in [0.25, 0.3) is 0 Å². The molecule has 0 aromatic heterocycles. The quantitative estimate of drug-likeness (QED) is 0.00629. The Bertz CT molecular complexity index is 2700. The first-order chi connectivity index (χ1) is 45.2. The van der Waals surface area contributed by atoms with Gasteiger partial charge >= 0.3 is 0 Å². The van der Waals surface area contributed by atoms with Gasteiger partial charge in [0.1, 0.15) is 104 Å². The SMILES string of the molecule is COC1C(OC)[C@H](O[C@H]2O[C@H](COS(=O)(=O)[O-])[C@@H](O[C@@H]3OC(C(=O)[O-])[C@H](O[C@@H]4OC(COS(=O)(=O)[O-])[C@H](OC)[C@H](OC)C4N=[N+]=[N-])[C@H](OC)C3OC)C(OSOO[O-])C2OSOO[O-])[C@H](C(=O)[O-])O[C@@H]1O[C@H]1C(COS(=O)(=O)[O-])O[C@@H](OC)C(OSOO[O-])[C@H]1OSOO[O-]. The average molecular weight is 1530 g/mol. The predicted molar refractivity (Wildman–Crippen MR) is 263 cm³/mol. The number of ether oxygens (including phenoxy) is 16. The first-order valence-corrected chi connectivity index (χ1v) is 31.8. The number of carboxylic acids is 2. The van der Waals surface area contributed by atoms with Crippen LogP contribution in [-0.4, -0.2) is 274 Å². The van der Waals surface area contributed by atoms with Gasteiger partial charge in [-0.3, -0.25) is 49.4 Å². The molecule has 10 unspecified atom stereocenters. The van der Waals surface area contributed by atoms with E-state index < -0.39 is 241 Å². The lowest BCUT2D eigenvalue weighted by atomic mass is 9.94. The molecule has 554 valence electrons. The average Bonchev–Trinajstić information content (AvgIpc) is 0.767. The number of carboxylic acid groups (broad SMARTS) is 2. The van der Waals surface area contributed by atoms with Crippen molar-refractivity contribution in [3.05, 3.63) is 10.4 Å². The number of hydrogen-bond donors (Lipinski definition) is 0. The van der Waals surface area contributed by atoms with Crippen molar-refractivity contribution in [2.75, 3.05) is 69.6 Å². The molecule has 5 fully saturated rings. The second kappa shape index (κ2) is 40.6. The molecule has 0 aliphatic carbocycles. The smallest absolute Gasteiger partial charge is 0.217 e. The van der Waals surface area contributed by atoms with E-state index in [1.807, 2.05) is 0 Å². The van der Waals surface area contributed by atoms with Gasteiger partial charge in [0.05, 0.1) is 37.9 Å². The van der Waals surface area contributed by atoms with Crippen molar-refractivity contribution in [1.82, 2.24) is 0 Å². The Hall–Kier alpha value is -2.02. The maximum atomic E-state index is 13.3. The molecule has 0 spiro atoms. The van der Waals surface area contributed by atoms with E-state index in [1.165, 1.54) is 0 Å². The van der Waals surface area contributed by atoms with Crippen LogP contribution in [0, 0.1) is 0 Å². The summed E-state index contributed by atoms with van der Waals surface area (Å²) in [6.45, 7) is -3.99. The molecular weight excluding hydrogens is 1480 g/mol. The molecule has 0 radical (unpaired) electrons. The highest BCUT2D eigenvalue weighted by Gasteiger charge is 2.60. The Kier molecular flexibility index (Phi) is 35.7. The summed E-state index contributed by atoms with van der Waals surface area (Å²) in [5.74, 6) is -4.47. The Balaban J connectivity index is 1.60. The zero-order valence-electron chi connectivity index (χ0n) is 48.4. The predicted octanol–water partition coefficient (Wildman–Crippen LogP) is -10.8. The number of hydrogen-bond acceptors (Lipinski definition) is 53. The maximum Gasteiger partial charge on any atom is 0.217 e. The van der Waals surface area contributed by atoms with Crippen LogP contribution in [0.2, 0.25) is 0 Å². The highest BCUT2D eigenvalue weighted by atomic mass is 32.3. The monoisotopic (exact) mass is 1530 g/mol. The summed E-state index contributed by atoms with van der Waals surface area (Å²) in [7, 11) is -10.1. The van der Waals surface area contributed by atoms with Crippen LogP contribution >= 0.6 is 49.3 Å². The summed E-state index contributed by atoms with van der Waals surface area (Å²) in [6.07, 6.45) is -50.0. The van der Waals surface area contributed by atoms with Crippen LogP contribution in [0.4, 0.5) is 0 Å². The molecule has 0 aromatic carbocycles. The van der Waals surface area contributed by atoms with E-state index in [1.54, 1.807) is 0 Å². The number of carbonyl (C=O) groups is 2. The lowest BCUT2D eigenvalue weighted by molar-refractivity contribution is -0.778. The molecule has 5 rings (SSSR count). The molecule has 5 saturated heterocycles. The number of carbonyl (C=O) groups excluding carboxylic acids is 2. The topological polar surface area (TPSA) is 679 Å². The molecule has 25 atom stereocenters. The highest BCUT2D eigenvalue weighted by Crippen LogP contribution is 2.42. The number of rotatable bonds is 43. The molecule has 5 heterocycles. The summed E-state index contributed by atoms with van der Waals surface area (Å²) in [4.78, 5) is 29.3. The van der Waals surface area contributed by atoms with Crippen molar-refractivity contribution in [1.29, 1.82) is 0 Å². The van der Waals surface area contributed by atoms with Crippen molar-refractivity contribution in [3.63, 3.8) is 0 Å². The standard InChI is InChI=1S/C37H61N3O48S7/c1-58-15-11(8-65-93(49,50)51)68-33(14(39-40-38)18(15)59-2)73-21-19(60-3)27(62-5)35(75-25(21)31(41)42)72-17-13(10-67-95(55,56)57)70-37(30(80-92-88-84-48)24(17)78-90-86-82-46)74-22-20(61-4)28(63-6)36(76-26(22)32(43)44)71-16-12(9-66-94(52,53)54)69-34(64-7)29(79-91-87-83-47)23(16)77-89-85-81-45/h11-30,33-37,45-48H,8-10H2,1-7H3,(H,41,42)(H,43,44)(H,49,50,51)(H,52,53,54)(H,55,56,57)/p-9/t11?,12?,13-,14?,15+,16+,17-,18-,19+,20?,21-,22+,23+,24?,25?,26-,27?,28?,29?,30?,33+,34-,35-,36+,37-/m1/s1. The van der Waals surface area contributed by atoms with E-state index in [9.17, 15) is 85.3 Å². The first kappa shape index (κ1) is 83.6. The summed E-state index contributed by atoms with van der Waals surface area (Å²) in [5, 5.41) is 87.2. The van der Waals surface area contributed by atoms with E-state index in [-0.39, 0.29) is 24.6 Å². The van der Waals surface area contributed by atoms with Crippen LogP contribution < -0.4 is 31.2 Å². The van der Waals surface area contributed by atoms with Crippen molar-refractivity contribution in [2.24, 2.45) is 5.11 Å². The summed E-state index contributed by atoms with van der Waals surface area (Å²) < 4.78 is 250. The van der Waals surface area contributed by atoms with E-state index >= 15 is 0 Å². The normalized spacial score (nSPS) is 36.5. The van der Waals surface area contributed by atoms with Gasteiger partial charge in [0.2, 0.25) is 31.2 Å². The van der Waals surface area contributed by atoms with Crippen LogP contribution in [0.15, 0.2) is 5.11 Å². The van der Waals surface area contributed by atoms with Crippen LogP contribution in [0.5, 0.6) is 0 Å². The van der Waals surface area contributed by atoms with Gasteiger partial charge in [0, 0.05) is 54.7 Å². The third kappa shape index (κ3) is 23.8. The minimum Gasteiger partial charge on any atom is -0.726 e. The minimum atomic E-state index is -5.85. The van der Waals surface area contributed by atoms with Gasteiger partial charge in [0.15, 0.2) is 93.0 Å². The summed E-state index contributed by atoms with van der Waals surface area (Å²) in [6, 6.07) is -1.70. The van der Waals surface area contributed by atoms with Crippen LogP contribution in [0.1, 0.15) is 0 Å². The first-order valence-electron chi connectivity index (χ1n) is 25.2. The number of azide groups is 1. The number of methoxy groups -OCH3 is 7. The molecule has 0 aromatic rings. The highest BCUT2D eigenvalue weighted by molar-refractivity contribution is 7.90. The fraction of sp³-hybridized carbons (Fsp3) is 0.946. The Labute approximate surface area is 551 Å². The van der Waals surface area contributed by atoms with E-state index in [0.29, 0.717) is 0 Å². The fourth-order valence-corrected chi connectivity index (χ4v) is 12.2. The third-order valence-corrected chi connectivity index (χ3v) is 16.3. The Morgan fingerprint density at radius 2 is 0.705 bits per heavy atom. The zero-order valence-corrected chi connectivity index (χ0v) is 54.1. The van der Waals surface area contributed by atoms with Gasteiger partial charge in [-0.15, -0.1) is 17.3 Å². The molecule has 95 heavy (non-hydrogen) atoms. The molecule has 5 aliphatic heterocycles. The van der Waals surface area contributed by atoms with Crippen LogP contribution in [0.3, 0.4) is 0 Å². The van der Waals surface area contributed by atoms with Crippen LogP contribution in [-0.2, 0) is 183 Å². The minimum absolute atomic E-state index is 0.213. The Morgan fingerprint density at radius 1 is 0.400 bits per heavy atom. The van der Waals surface area contributed by atoms with E-state index in [0.717, 1.165) is 49.8 Å². The van der Waals surface area contributed by atoms with Crippen molar-refractivity contribution in [3.8, 4) is 0 Å². The van der Waals surface area contributed by atoms with Crippen molar-refractivity contribution >= 4 is 92.4 Å². The van der Waals surface area contributed by atoms with Crippen molar-refractivity contribution in [2.45, 2.75) is 153 Å². The largest absolute Gasteiger partial charge is 0.726 e. The molecule has 51 nitrogen and oxygen atoms in total. The van der Waals surface area contributed by atoms with Gasteiger partial charge in [-0.05, 0) is 5.53 Å². The molecular formula is C37H52N3O48S7-9. The lowest BCUT2D eigenvalue weighted by Crippen LogP contribution is -2.70. The van der Waals surface area contributed by atoms with Crippen LogP contribution in [0.25, 0.3) is 10.4 Å². The van der Waals surface area contributed by atoms with Gasteiger partial charge in [-0.1, -0.05) is 5.11 Å². The lowest BCUT2D eigenvalue weighted by Gasteiger charge is -2.52. The second-order valence-electron chi connectivity index (χ2n) is 18.3. The third-order valence-electron chi connectivity index (χ3n) is 13.4. The van der Waals surface area contributed by atoms with E-state index in [2.05, 4.69) is 60.1 Å². The molecule has 0 bridgehead atoms. The van der Waals surface area contributed by atoms with Gasteiger partial charge in [-0.2, -0.15) is 0 Å². The van der Waals surface area contributed by atoms with Crippen molar-refractivity contribution < 1.29 is 222 Å². The molecule has 0 amide bonds. The maximum absolute atomic E-state index is 13.3. The summed E-state index contributed by atoms with van der Waals surface area (Å²) in [5.41, 5.74) is 9.57. The van der Waals surface area contributed by atoms with E-state index in [4.69, 9.17) is 92.5 Å². The zero-order chi connectivity index (χ0) is 70.4. The number of nitrogens with zero attached hydrogens (tertiary/aromatic N) is 3. The Morgan fingerprint density at radius 3 is 1.03 bits per heavy atom. The molecule has 5 aliphatic rings. The van der Waals surface area contributed by atoms with Gasteiger partial charge < -0.3 is 130 Å². The second-order valence-corrected chi connectivity index (χ2v) is 23.3. The fourth-order valence-electron chi connectivity index (χ4n) is 9.87. The number of aliphatic carboxylic acids is 2. The van der Waals surface area contributed by atoms with Gasteiger partial charge in [-0.25, -0.2) is 25.3 Å².